The van der Waals surface area contributed by atoms with Crippen LogP contribution in [0.4, 0.5) is 4.79 Å². The maximum absolute atomic E-state index is 10.4. The van der Waals surface area contributed by atoms with E-state index in [-0.39, 0.29) is 5.69 Å². The molecule has 2 N–H and O–H groups in total. The number of hydrogen-bond donors (Lipinski definition) is 1. The van der Waals surface area contributed by atoms with Gasteiger partial charge in [-0.05, 0) is 12.1 Å². The summed E-state index contributed by atoms with van der Waals surface area (Å²) < 4.78 is 5.72. The molecular weight excluding hydrogens is 236 g/mol. The number of para-hydroxylation sites is 1. The molecule has 1 aromatic carbocycles. The Morgan fingerprint density at radius 1 is 1.28 bits per heavy atom. The average molecular weight is 248 g/mol. The number of nitrogens with two attached hydrogens (primary N) is 1. The molecule has 1 aromatic heterocycles. The molecule has 2 rings (SSSR count). The molecule has 0 saturated carbocycles. The van der Waals surface area contributed by atoms with Crippen LogP contribution in [0, 0.1) is 0 Å². The third-order valence-electron chi connectivity index (χ3n) is 1.73. The van der Waals surface area contributed by atoms with Crippen molar-refractivity contribution in [2.45, 2.75) is 0 Å². The molecule has 0 atom stereocenters. The second-order valence-electron chi connectivity index (χ2n) is 3.08. The van der Waals surface area contributed by atoms with Crippen LogP contribution >= 0.6 is 0 Å². The minimum atomic E-state index is -0.786. The number of carbonyl (C=O) groups is 1. The van der Waals surface area contributed by atoms with Crippen molar-refractivity contribution in [3.05, 3.63) is 53.2 Å². The summed E-state index contributed by atoms with van der Waals surface area (Å²) in [6, 6.07) is 8.67. The number of hydrogen-bond acceptors (Lipinski definition) is 5. The number of benzene rings is 1. The van der Waals surface area contributed by atoms with Crippen molar-refractivity contribution in [3.63, 3.8) is 0 Å². The summed E-state index contributed by atoms with van der Waals surface area (Å²) >= 11 is 0. The van der Waals surface area contributed by atoms with E-state index in [1.165, 1.54) is 17.1 Å². The number of rotatable bonds is 1. The van der Waals surface area contributed by atoms with Crippen LogP contribution in [-0.2, 0) is 7.05 Å². The molecule has 0 unspecified atom stereocenters. The number of primary amides is 1. The van der Waals surface area contributed by atoms with E-state index in [0.29, 0.717) is 5.75 Å². The molecule has 0 aliphatic rings. The highest BCUT2D eigenvalue weighted by Crippen LogP contribution is 2.07. The summed E-state index contributed by atoms with van der Waals surface area (Å²) in [5.74, 6) is 0.468. The molecule has 0 aliphatic carbocycles. The predicted octanol–water partition coefficient (Wildman–Crippen LogP) is 0.319. The lowest BCUT2D eigenvalue weighted by atomic mass is 10.3. The van der Waals surface area contributed by atoms with E-state index in [2.05, 4.69) is 14.8 Å². The minimum Gasteiger partial charge on any atom is -0.411 e. The Morgan fingerprint density at radius 2 is 1.94 bits per heavy atom. The van der Waals surface area contributed by atoms with Crippen molar-refractivity contribution >= 4 is 6.09 Å². The standard InChI is InChI=1S/C7H7NO2.C4H5N3O/c8-7(9)10-6-4-2-1-3-5-6;1-7-4(8)5-2-3-6-7/h1-5H,(H2,8,9);2-3H,1H3. The SMILES string of the molecule is Cn1nccnc1=O.NC(=O)Oc1ccccc1. The maximum Gasteiger partial charge on any atom is 0.409 e. The van der Waals surface area contributed by atoms with Crippen LogP contribution in [0.1, 0.15) is 0 Å². The van der Waals surface area contributed by atoms with Gasteiger partial charge in [-0.25, -0.2) is 14.3 Å². The smallest absolute Gasteiger partial charge is 0.409 e. The first-order valence-corrected chi connectivity index (χ1v) is 4.96. The normalized spacial score (nSPS) is 8.94. The van der Waals surface area contributed by atoms with Crippen LogP contribution in [0.25, 0.3) is 0 Å². The summed E-state index contributed by atoms with van der Waals surface area (Å²) in [5, 5.41) is 3.62. The van der Waals surface area contributed by atoms with Crippen LogP contribution in [0.3, 0.4) is 0 Å². The summed E-state index contributed by atoms with van der Waals surface area (Å²) in [4.78, 5) is 24.0. The maximum atomic E-state index is 10.4. The number of aromatic nitrogens is 3. The Hall–Kier alpha value is -2.70. The third kappa shape index (κ3) is 4.88. The van der Waals surface area contributed by atoms with Gasteiger partial charge in [-0.15, -0.1) is 0 Å². The molecule has 1 amide bonds. The number of ether oxygens (including phenoxy) is 1. The lowest BCUT2D eigenvalue weighted by Crippen LogP contribution is -2.20. The summed E-state index contributed by atoms with van der Waals surface area (Å²) in [6.45, 7) is 0. The second-order valence-corrected chi connectivity index (χ2v) is 3.08. The highest BCUT2D eigenvalue weighted by Gasteiger charge is 1.93. The Balaban J connectivity index is 0.000000184. The lowest BCUT2D eigenvalue weighted by Gasteiger charge is -1.96. The van der Waals surface area contributed by atoms with Crippen LogP contribution in [0.2, 0.25) is 0 Å². The zero-order chi connectivity index (χ0) is 13.4. The van der Waals surface area contributed by atoms with E-state index in [4.69, 9.17) is 5.73 Å². The predicted molar refractivity (Wildman–Crippen MR) is 63.9 cm³/mol. The molecule has 7 heteroatoms. The zero-order valence-corrected chi connectivity index (χ0v) is 9.69. The van der Waals surface area contributed by atoms with Gasteiger partial charge in [0.25, 0.3) is 0 Å². The van der Waals surface area contributed by atoms with E-state index in [9.17, 15) is 9.59 Å². The van der Waals surface area contributed by atoms with Gasteiger partial charge in [0.15, 0.2) is 0 Å². The van der Waals surface area contributed by atoms with Gasteiger partial charge >= 0.3 is 11.8 Å². The molecule has 0 saturated heterocycles. The molecule has 0 radical (unpaired) electrons. The molecule has 0 bridgehead atoms. The van der Waals surface area contributed by atoms with Crippen molar-refractivity contribution in [1.29, 1.82) is 0 Å². The molecule has 94 valence electrons. The molecule has 0 fully saturated rings. The summed E-state index contributed by atoms with van der Waals surface area (Å²) in [6.07, 6.45) is 2.04. The van der Waals surface area contributed by atoms with Crippen molar-refractivity contribution in [2.75, 3.05) is 0 Å². The Morgan fingerprint density at radius 3 is 2.39 bits per heavy atom. The summed E-state index contributed by atoms with van der Waals surface area (Å²) in [5.41, 5.74) is 4.44. The monoisotopic (exact) mass is 248 g/mol. The molecule has 1 heterocycles. The molecular formula is C11H12N4O3. The first-order chi connectivity index (χ1) is 8.59. The first-order valence-electron chi connectivity index (χ1n) is 4.96. The fourth-order valence-corrected chi connectivity index (χ4v) is 0.965. The van der Waals surface area contributed by atoms with E-state index in [1.807, 2.05) is 6.07 Å². The van der Waals surface area contributed by atoms with Crippen LogP contribution < -0.4 is 16.2 Å². The minimum absolute atomic E-state index is 0.326. The third-order valence-corrected chi connectivity index (χ3v) is 1.73. The Kier molecular flexibility index (Phi) is 5.04. The fraction of sp³-hybridized carbons (Fsp3) is 0.0909. The average Bonchev–Trinajstić information content (AvgIpc) is 2.34. The molecule has 0 aliphatic heterocycles. The number of nitrogens with zero attached hydrogens (tertiary/aromatic N) is 3. The van der Waals surface area contributed by atoms with E-state index in [0.717, 1.165) is 0 Å². The van der Waals surface area contributed by atoms with Crippen molar-refractivity contribution in [1.82, 2.24) is 14.8 Å². The zero-order valence-electron chi connectivity index (χ0n) is 9.69. The van der Waals surface area contributed by atoms with Gasteiger partial charge in [0.05, 0.1) is 12.4 Å². The van der Waals surface area contributed by atoms with Gasteiger partial charge < -0.3 is 10.5 Å². The topological polar surface area (TPSA) is 100 Å². The van der Waals surface area contributed by atoms with Crippen LogP contribution in [0.5, 0.6) is 5.75 Å². The highest BCUT2D eigenvalue weighted by molar-refractivity contribution is 5.67. The van der Waals surface area contributed by atoms with Gasteiger partial charge in [-0.3, -0.25) is 0 Å². The van der Waals surface area contributed by atoms with E-state index in [1.54, 1.807) is 31.3 Å². The van der Waals surface area contributed by atoms with Crippen molar-refractivity contribution in [2.24, 2.45) is 12.8 Å². The quantitative estimate of drug-likeness (QED) is 0.783. The van der Waals surface area contributed by atoms with Gasteiger partial charge in [0, 0.05) is 7.05 Å². The summed E-state index contributed by atoms with van der Waals surface area (Å²) in [7, 11) is 1.55. The molecule has 7 nitrogen and oxygen atoms in total. The van der Waals surface area contributed by atoms with E-state index >= 15 is 0 Å². The second kappa shape index (κ2) is 6.79. The number of carbonyl (C=O) groups excluding carboxylic acids is 1. The lowest BCUT2D eigenvalue weighted by molar-refractivity contribution is 0.211. The van der Waals surface area contributed by atoms with E-state index < -0.39 is 6.09 Å². The van der Waals surface area contributed by atoms with Gasteiger partial charge in [-0.2, -0.15) is 10.1 Å². The van der Waals surface area contributed by atoms with Gasteiger partial charge in [0.2, 0.25) is 0 Å². The first kappa shape index (κ1) is 13.4. The Labute approximate surface area is 103 Å². The van der Waals surface area contributed by atoms with Crippen molar-refractivity contribution in [3.8, 4) is 5.75 Å². The number of aryl methyl sites for hydroxylation is 1. The molecule has 0 spiro atoms. The van der Waals surface area contributed by atoms with Crippen LogP contribution in [0.15, 0.2) is 47.5 Å². The molecule has 18 heavy (non-hydrogen) atoms. The van der Waals surface area contributed by atoms with Crippen molar-refractivity contribution < 1.29 is 9.53 Å². The number of amides is 1. The fourth-order valence-electron chi connectivity index (χ4n) is 0.965. The Bertz CT molecular complexity index is 553. The van der Waals surface area contributed by atoms with Gasteiger partial charge in [0.1, 0.15) is 5.75 Å². The van der Waals surface area contributed by atoms with Gasteiger partial charge in [-0.1, -0.05) is 18.2 Å². The largest absolute Gasteiger partial charge is 0.411 e. The van der Waals surface area contributed by atoms with Crippen LogP contribution in [-0.4, -0.2) is 20.9 Å². The highest BCUT2D eigenvalue weighted by atomic mass is 16.5. The molecule has 2 aromatic rings.